The molecular weight excluding hydrogens is 392 g/mol. The molecule has 1 aliphatic carbocycles. The molecule has 2 aromatic carbocycles. The number of aliphatic hydroxyl groups is 1. The molecule has 1 N–H and O–H groups in total. The third-order valence-electron chi connectivity index (χ3n) is 7.24. The molecule has 2 heterocycles. The van der Waals surface area contributed by atoms with Crippen LogP contribution in [0.3, 0.4) is 0 Å². The first-order valence-corrected chi connectivity index (χ1v) is 11.1. The number of methoxy groups -OCH3 is 1. The number of nitrogens with zero attached hydrogens (tertiary/aromatic N) is 2. The Hall–Kier alpha value is -2.86. The van der Waals surface area contributed by atoms with Gasteiger partial charge in [-0.1, -0.05) is 42.8 Å². The lowest BCUT2D eigenvalue weighted by Gasteiger charge is -2.59. The van der Waals surface area contributed by atoms with Gasteiger partial charge in [-0.2, -0.15) is 0 Å². The van der Waals surface area contributed by atoms with E-state index < -0.39 is 0 Å². The molecule has 3 atom stereocenters. The first kappa shape index (κ1) is 20.1. The maximum Gasteiger partial charge on any atom is 0.242 e. The number of fused-ring (bicyclic) bond motifs is 1. The molecule has 3 fully saturated rings. The zero-order valence-corrected chi connectivity index (χ0v) is 17.7. The predicted molar refractivity (Wildman–Crippen MR) is 117 cm³/mol. The molecule has 2 aromatic rings. The highest BCUT2D eigenvalue weighted by Gasteiger charge is 2.54. The van der Waals surface area contributed by atoms with Crippen molar-refractivity contribution >= 4 is 11.8 Å². The number of hydrogen-bond donors (Lipinski definition) is 1. The summed E-state index contributed by atoms with van der Waals surface area (Å²) in [7, 11) is 1.65. The van der Waals surface area contributed by atoms with Gasteiger partial charge >= 0.3 is 0 Å². The molecule has 0 bridgehead atoms. The van der Waals surface area contributed by atoms with E-state index in [-0.39, 0.29) is 48.9 Å². The number of amides is 2. The SMILES string of the molecule is COc1ccc(-c2ccc([C@@H]3[C@@H](CO)N4C(=O)CN(C(=O)C5CCC5)C[C@H]34)cc2)cc1. The van der Waals surface area contributed by atoms with Crippen LogP contribution in [0.2, 0.25) is 0 Å². The number of benzene rings is 2. The van der Waals surface area contributed by atoms with E-state index in [1.165, 1.54) is 0 Å². The third-order valence-corrected chi connectivity index (χ3v) is 7.24. The Labute approximate surface area is 182 Å². The number of carbonyl (C=O) groups is 2. The van der Waals surface area contributed by atoms with Gasteiger partial charge in [0, 0.05) is 18.4 Å². The second-order valence-electron chi connectivity index (χ2n) is 8.84. The fourth-order valence-electron chi connectivity index (χ4n) is 5.26. The highest BCUT2D eigenvalue weighted by molar-refractivity contribution is 5.89. The second kappa shape index (κ2) is 8.00. The molecular formula is C25H28N2O4. The fourth-order valence-corrected chi connectivity index (χ4v) is 5.26. The Bertz CT molecular complexity index is 968. The Morgan fingerprint density at radius 3 is 2.26 bits per heavy atom. The van der Waals surface area contributed by atoms with Gasteiger partial charge in [0.1, 0.15) is 5.75 Å². The molecule has 6 nitrogen and oxygen atoms in total. The molecule has 2 aliphatic heterocycles. The summed E-state index contributed by atoms with van der Waals surface area (Å²) in [4.78, 5) is 29.0. The lowest BCUT2D eigenvalue weighted by Crippen LogP contribution is -2.73. The van der Waals surface area contributed by atoms with Gasteiger partial charge in [0.15, 0.2) is 0 Å². The Morgan fingerprint density at radius 1 is 1.06 bits per heavy atom. The summed E-state index contributed by atoms with van der Waals surface area (Å²) in [5.74, 6) is 1.03. The van der Waals surface area contributed by atoms with Gasteiger partial charge in [-0.15, -0.1) is 0 Å². The van der Waals surface area contributed by atoms with Gasteiger partial charge in [0.25, 0.3) is 0 Å². The normalized spacial score (nSPS) is 25.5. The Kier molecular flexibility index (Phi) is 5.18. The minimum atomic E-state index is -0.217. The molecule has 2 saturated heterocycles. The van der Waals surface area contributed by atoms with Crippen LogP contribution in [0.1, 0.15) is 30.7 Å². The first-order chi connectivity index (χ1) is 15.1. The smallest absolute Gasteiger partial charge is 0.242 e. The lowest BCUT2D eigenvalue weighted by molar-refractivity contribution is -0.169. The maximum atomic E-state index is 12.7. The van der Waals surface area contributed by atoms with E-state index in [9.17, 15) is 14.7 Å². The summed E-state index contributed by atoms with van der Waals surface area (Å²) in [6.07, 6.45) is 2.98. The van der Waals surface area contributed by atoms with Crippen LogP contribution in [0.5, 0.6) is 5.75 Å². The molecule has 0 aromatic heterocycles. The van der Waals surface area contributed by atoms with Crippen molar-refractivity contribution in [1.29, 1.82) is 0 Å². The summed E-state index contributed by atoms with van der Waals surface area (Å²) in [5, 5.41) is 9.98. The number of aliphatic hydroxyl groups excluding tert-OH is 1. The Balaban J connectivity index is 1.35. The van der Waals surface area contributed by atoms with E-state index in [2.05, 4.69) is 24.3 Å². The zero-order valence-electron chi connectivity index (χ0n) is 17.7. The molecule has 2 amide bonds. The third kappa shape index (κ3) is 3.39. The van der Waals surface area contributed by atoms with Gasteiger partial charge in [-0.3, -0.25) is 9.59 Å². The molecule has 6 heteroatoms. The zero-order chi connectivity index (χ0) is 21.5. The van der Waals surface area contributed by atoms with E-state index >= 15 is 0 Å². The lowest BCUT2D eigenvalue weighted by atomic mass is 9.73. The van der Waals surface area contributed by atoms with Crippen molar-refractivity contribution in [2.45, 2.75) is 37.3 Å². The second-order valence-corrected chi connectivity index (χ2v) is 8.84. The summed E-state index contributed by atoms with van der Waals surface area (Å²) in [6, 6.07) is 16.0. The first-order valence-electron chi connectivity index (χ1n) is 11.1. The van der Waals surface area contributed by atoms with E-state index in [0.717, 1.165) is 41.7 Å². The van der Waals surface area contributed by atoms with Crippen LogP contribution in [0.15, 0.2) is 48.5 Å². The van der Waals surface area contributed by atoms with E-state index in [4.69, 9.17) is 4.74 Å². The topological polar surface area (TPSA) is 70.1 Å². The average Bonchev–Trinajstić information content (AvgIpc) is 2.74. The van der Waals surface area contributed by atoms with E-state index in [0.29, 0.717) is 6.54 Å². The standard InChI is InChI=1S/C25H28N2O4/c1-31-20-11-9-17(10-12-20)16-5-7-18(8-6-16)24-21-13-26(25(30)19-3-2-4-19)14-23(29)27(21)22(24)15-28/h5-12,19,21-22,24,28H,2-4,13-15H2,1H3/t21-,22-,24+/m1/s1. The van der Waals surface area contributed by atoms with Gasteiger partial charge < -0.3 is 19.6 Å². The average molecular weight is 421 g/mol. The summed E-state index contributed by atoms with van der Waals surface area (Å²) in [6.45, 7) is 0.637. The molecule has 31 heavy (non-hydrogen) atoms. The van der Waals surface area contributed by atoms with Crippen LogP contribution >= 0.6 is 0 Å². The number of ether oxygens (including phenoxy) is 1. The van der Waals surface area contributed by atoms with Crippen LogP contribution in [-0.4, -0.2) is 65.6 Å². The summed E-state index contributed by atoms with van der Waals surface area (Å²) < 4.78 is 5.23. The van der Waals surface area contributed by atoms with Crippen LogP contribution in [0.25, 0.3) is 11.1 Å². The molecule has 3 aliphatic rings. The van der Waals surface area contributed by atoms with E-state index in [1.807, 2.05) is 24.3 Å². The number of hydrogen-bond acceptors (Lipinski definition) is 4. The number of rotatable bonds is 5. The molecule has 0 spiro atoms. The maximum absolute atomic E-state index is 12.7. The molecule has 5 rings (SSSR count). The number of carbonyl (C=O) groups excluding carboxylic acids is 2. The van der Waals surface area contributed by atoms with Crippen molar-refractivity contribution < 1.29 is 19.4 Å². The molecule has 0 unspecified atom stereocenters. The minimum absolute atomic E-state index is 0.0378. The van der Waals surface area contributed by atoms with Gasteiger partial charge in [-0.05, 0) is 41.7 Å². The van der Waals surface area contributed by atoms with Gasteiger partial charge in [-0.25, -0.2) is 0 Å². The predicted octanol–water partition coefficient (Wildman–Crippen LogP) is 2.66. The quantitative estimate of drug-likeness (QED) is 0.808. The van der Waals surface area contributed by atoms with Crippen molar-refractivity contribution in [3.63, 3.8) is 0 Å². The molecule has 1 saturated carbocycles. The monoisotopic (exact) mass is 420 g/mol. The van der Waals surface area contributed by atoms with Crippen LogP contribution < -0.4 is 4.74 Å². The van der Waals surface area contributed by atoms with Crippen LogP contribution in [-0.2, 0) is 9.59 Å². The summed E-state index contributed by atoms with van der Waals surface area (Å²) in [5.41, 5.74) is 3.30. The van der Waals surface area contributed by atoms with Crippen molar-refractivity contribution in [1.82, 2.24) is 9.80 Å². The van der Waals surface area contributed by atoms with Crippen molar-refractivity contribution in [2.24, 2.45) is 5.92 Å². The van der Waals surface area contributed by atoms with Crippen molar-refractivity contribution in [2.75, 3.05) is 26.8 Å². The highest BCUT2D eigenvalue weighted by atomic mass is 16.5. The fraction of sp³-hybridized carbons (Fsp3) is 0.440. The minimum Gasteiger partial charge on any atom is -0.497 e. The molecule has 162 valence electrons. The van der Waals surface area contributed by atoms with Gasteiger partial charge in [0.2, 0.25) is 11.8 Å². The van der Waals surface area contributed by atoms with Gasteiger partial charge in [0.05, 0.1) is 32.3 Å². The Morgan fingerprint density at radius 2 is 1.71 bits per heavy atom. The van der Waals surface area contributed by atoms with E-state index in [1.54, 1.807) is 16.9 Å². The summed E-state index contributed by atoms with van der Waals surface area (Å²) >= 11 is 0. The van der Waals surface area contributed by atoms with Crippen LogP contribution in [0, 0.1) is 5.92 Å². The van der Waals surface area contributed by atoms with Crippen molar-refractivity contribution in [3.8, 4) is 16.9 Å². The largest absolute Gasteiger partial charge is 0.497 e. The molecule has 0 radical (unpaired) electrons. The van der Waals surface area contributed by atoms with Crippen LogP contribution in [0.4, 0.5) is 0 Å². The highest BCUT2D eigenvalue weighted by Crippen LogP contribution is 2.44. The number of piperazine rings is 1. The van der Waals surface area contributed by atoms with Crippen molar-refractivity contribution in [3.05, 3.63) is 54.1 Å².